The molecule has 7 heteroatoms. The molecule has 0 spiro atoms. The van der Waals surface area contributed by atoms with Crippen LogP contribution < -0.4 is 11.6 Å². The summed E-state index contributed by atoms with van der Waals surface area (Å²) < 4.78 is 14.8. The van der Waals surface area contributed by atoms with E-state index in [4.69, 9.17) is 11.6 Å². The van der Waals surface area contributed by atoms with Crippen LogP contribution in [0.2, 0.25) is 0 Å². The van der Waals surface area contributed by atoms with Gasteiger partial charge in [-0.05, 0) is 18.2 Å². The molecule has 5 nitrogen and oxygen atoms in total. The molecule has 78 valence electrons. The van der Waals surface area contributed by atoms with E-state index in [1.807, 2.05) is 0 Å². The second-order valence-corrected chi connectivity index (χ2v) is 3.73. The molecule has 0 aliphatic carbocycles. The molecule has 0 bridgehead atoms. The van der Waals surface area contributed by atoms with Crippen LogP contribution in [0.25, 0.3) is 11.4 Å². The summed E-state index contributed by atoms with van der Waals surface area (Å²) in [6.45, 7) is 0. The lowest BCUT2D eigenvalue weighted by atomic mass is 10.2. The maximum Gasteiger partial charge on any atom is 0.241 e. The highest BCUT2D eigenvalue weighted by Gasteiger charge is 2.12. The van der Waals surface area contributed by atoms with Gasteiger partial charge in [-0.15, -0.1) is 10.2 Å². The number of halogens is 2. The van der Waals surface area contributed by atoms with Crippen LogP contribution in [0.15, 0.2) is 22.7 Å². The quantitative estimate of drug-likeness (QED) is 0.762. The van der Waals surface area contributed by atoms with Crippen molar-refractivity contribution in [2.75, 3.05) is 11.6 Å². The van der Waals surface area contributed by atoms with Crippen LogP contribution in [-0.4, -0.2) is 14.9 Å². The van der Waals surface area contributed by atoms with Gasteiger partial charge in [0.2, 0.25) is 5.95 Å². The zero-order valence-electron chi connectivity index (χ0n) is 7.48. The van der Waals surface area contributed by atoms with Crippen molar-refractivity contribution >= 4 is 21.9 Å². The second-order valence-electron chi connectivity index (χ2n) is 2.88. The minimum atomic E-state index is -0.380. The Bertz CT molecular complexity index is 510. The molecule has 0 saturated heterocycles. The van der Waals surface area contributed by atoms with Crippen molar-refractivity contribution in [3.63, 3.8) is 0 Å². The number of nitrogens with zero attached hydrogens (tertiary/aromatic N) is 3. The van der Waals surface area contributed by atoms with Crippen molar-refractivity contribution in [1.29, 1.82) is 0 Å². The van der Waals surface area contributed by atoms with E-state index >= 15 is 0 Å². The molecule has 0 aliphatic rings. The summed E-state index contributed by atoms with van der Waals surface area (Å²) in [5, 5.41) is 7.34. The minimum absolute atomic E-state index is 0.0705. The molecule has 2 aromatic rings. The van der Waals surface area contributed by atoms with Gasteiger partial charge in [-0.3, -0.25) is 0 Å². The predicted octanol–water partition coefficient (Wildman–Crippen LogP) is 1.14. The minimum Gasteiger partial charge on any atom is -0.366 e. The summed E-state index contributed by atoms with van der Waals surface area (Å²) in [7, 11) is 0. The van der Waals surface area contributed by atoms with Crippen LogP contribution in [0.5, 0.6) is 0 Å². The molecule has 0 atom stereocenters. The Balaban J connectivity index is 2.63. The molecule has 2 rings (SSSR count). The average molecular weight is 272 g/mol. The Kier molecular flexibility index (Phi) is 2.31. The lowest BCUT2D eigenvalue weighted by Crippen LogP contribution is -2.13. The largest absolute Gasteiger partial charge is 0.366 e. The van der Waals surface area contributed by atoms with E-state index in [-0.39, 0.29) is 11.8 Å². The van der Waals surface area contributed by atoms with Crippen molar-refractivity contribution in [2.45, 2.75) is 0 Å². The highest BCUT2D eigenvalue weighted by molar-refractivity contribution is 9.10. The van der Waals surface area contributed by atoms with Crippen molar-refractivity contribution in [3.05, 3.63) is 28.5 Å². The van der Waals surface area contributed by atoms with Crippen LogP contribution in [-0.2, 0) is 0 Å². The fourth-order valence-corrected chi connectivity index (χ4v) is 1.58. The van der Waals surface area contributed by atoms with Gasteiger partial charge in [-0.25, -0.2) is 9.07 Å². The molecule has 0 saturated carbocycles. The normalized spacial score (nSPS) is 10.5. The number of aromatic nitrogens is 3. The topological polar surface area (TPSA) is 82.8 Å². The molecule has 1 aromatic carbocycles. The molecular formula is C8H7BrFN5. The maximum atomic E-state index is 13.0. The molecule has 0 amide bonds. The Labute approximate surface area is 93.0 Å². The Morgan fingerprint density at radius 1 is 1.33 bits per heavy atom. The predicted molar refractivity (Wildman–Crippen MR) is 57.7 cm³/mol. The lowest BCUT2D eigenvalue weighted by molar-refractivity contribution is 0.628. The summed E-state index contributed by atoms with van der Waals surface area (Å²) in [6.07, 6.45) is 0. The molecule has 15 heavy (non-hydrogen) atoms. The van der Waals surface area contributed by atoms with E-state index < -0.39 is 0 Å². The van der Waals surface area contributed by atoms with E-state index in [9.17, 15) is 4.39 Å². The van der Waals surface area contributed by atoms with E-state index in [1.165, 1.54) is 12.1 Å². The van der Waals surface area contributed by atoms with Gasteiger partial charge in [0.25, 0.3) is 0 Å². The maximum absolute atomic E-state index is 13.0. The van der Waals surface area contributed by atoms with Crippen molar-refractivity contribution < 1.29 is 4.39 Å². The molecule has 4 N–H and O–H groups in total. The molecule has 0 fully saturated rings. The molecule has 0 unspecified atom stereocenters. The van der Waals surface area contributed by atoms with Crippen LogP contribution in [0.4, 0.5) is 10.3 Å². The number of hydrogen-bond donors (Lipinski definition) is 2. The van der Waals surface area contributed by atoms with E-state index in [1.54, 1.807) is 6.07 Å². The van der Waals surface area contributed by atoms with E-state index in [2.05, 4.69) is 26.1 Å². The number of rotatable bonds is 1. The zero-order valence-corrected chi connectivity index (χ0v) is 9.07. The number of nitrogen functional groups attached to an aromatic ring is 2. The Hall–Kier alpha value is -1.63. The molecular weight excluding hydrogens is 265 g/mol. The highest BCUT2D eigenvalue weighted by atomic mass is 79.9. The van der Waals surface area contributed by atoms with Gasteiger partial charge in [0.05, 0.1) is 0 Å². The summed E-state index contributed by atoms with van der Waals surface area (Å²) in [5.74, 6) is 5.57. The number of anilines is 1. The Morgan fingerprint density at radius 3 is 2.67 bits per heavy atom. The first-order valence-corrected chi connectivity index (χ1v) is 4.80. The fourth-order valence-electron chi connectivity index (χ4n) is 1.16. The average Bonchev–Trinajstić information content (AvgIpc) is 2.52. The summed E-state index contributed by atoms with van der Waals surface area (Å²) in [4.78, 5) is 0. The molecule has 0 radical (unpaired) electrons. The van der Waals surface area contributed by atoms with E-state index in [0.717, 1.165) is 4.68 Å². The van der Waals surface area contributed by atoms with Gasteiger partial charge in [-0.2, -0.15) is 0 Å². The first-order chi connectivity index (χ1) is 7.09. The van der Waals surface area contributed by atoms with Gasteiger partial charge >= 0.3 is 0 Å². The molecule has 0 aliphatic heterocycles. The molecule has 1 aromatic heterocycles. The third kappa shape index (κ3) is 1.65. The number of nitrogens with two attached hydrogens (primary N) is 2. The third-order valence-electron chi connectivity index (χ3n) is 1.89. The van der Waals surface area contributed by atoms with Crippen molar-refractivity contribution in [2.24, 2.45) is 0 Å². The smallest absolute Gasteiger partial charge is 0.241 e. The molecule has 1 heterocycles. The summed E-state index contributed by atoms with van der Waals surface area (Å²) >= 11 is 3.27. The van der Waals surface area contributed by atoms with Gasteiger partial charge in [0.15, 0.2) is 5.82 Å². The monoisotopic (exact) mass is 271 g/mol. The van der Waals surface area contributed by atoms with Gasteiger partial charge in [0, 0.05) is 10.0 Å². The number of hydrogen-bond acceptors (Lipinski definition) is 4. The fraction of sp³-hybridized carbons (Fsp3) is 0. The lowest BCUT2D eigenvalue weighted by Gasteiger charge is -2.03. The van der Waals surface area contributed by atoms with Crippen molar-refractivity contribution in [3.8, 4) is 11.4 Å². The van der Waals surface area contributed by atoms with Gasteiger partial charge < -0.3 is 11.6 Å². The van der Waals surface area contributed by atoms with Crippen LogP contribution >= 0.6 is 15.9 Å². The number of benzene rings is 1. The SMILES string of the molecule is Nc1nnc(-c2cc(F)ccc2Br)n1N. The first kappa shape index (κ1) is 9.91. The van der Waals surface area contributed by atoms with Crippen LogP contribution in [0.3, 0.4) is 0 Å². The Morgan fingerprint density at radius 2 is 2.07 bits per heavy atom. The van der Waals surface area contributed by atoms with Crippen molar-refractivity contribution in [1.82, 2.24) is 14.9 Å². The van der Waals surface area contributed by atoms with Gasteiger partial charge in [0.1, 0.15) is 5.82 Å². The first-order valence-electron chi connectivity index (χ1n) is 4.01. The standard InChI is InChI=1S/C8H7BrFN5/c9-6-2-1-4(10)3-5(6)7-13-14-8(11)15(7)12/h1-3H,12H2,(H2,11,14). The third-order valence-corrected chi connectivity index (χ3v) is 2.58. The summed E-state index contributed by atoms with van der Waals surface area (Å²) in [5.41, 5.74) is 5.92. The highest BCUT2D eigenvalue weighted by Crippen LogP contribution is 2.27. The van der Waals surface area contributed by atoms with E-state index in [0.29, 0.717) is 15.9 Å². The van der Waals surface area contributed by atoms with Gasteiger partial charge in [-0.1, -0.05) is 15.9 Å². The second kappa shape index (κ2) is 3.50. The van der Waals surface area contributed by atoms with Crippen LogP contribution in [0, 0.1) is 5.82 Å². The summed E-state index contributed by atoms with van der Waals surface area (Å²) in [6, 6.07) is 4.20. The van der Waals surface area contributed by atoms with Crippen LogP contribution in [0.1, 0.15) is 0 Å². The zero-order chi connectivity index (χ0) is 11.0.